The van der Waals surface area contributed by atoms with Gasteiger partial charge in [0, 0.05) is 26.2 Å². The van der Waals surface area contributed by atoms with Gasteiger partial charge in [-0.15, -0.1) is 10.2 Å². The Morgan fingerprint density at radius 3 is 2.24 bits per heavy atom. The Morgan fingerprint density at radius 1 is 1.06 bits per heavy atom. The van der Waals surface area contributed by atoms with Gasteiger partial charge < -0.3 is 15.0 Å². The highest BCUT2D eigenvalue weighted by molar-refractivity contribution is 6.01. The Kier molecular flexibility index (Phi) is 6.60. The van der Waals surface area contributed by atoms with Crippen molar-refractivity contribution in [2.24, 2.45) is 5.92 Å². The van der Waals surface area contributed by atoms with Crippen LogP contribution in [0, 0.1) is 11.9 Å². The number of nitrogens with one attached hydrogen (secondary N) is 1. The normalized spacial score (nSPS) is 17.4. The molecular formula is C24H30FN5O3. The topological polar surface area (TPSA) is 87.7 Å². The number of aromatic nitrogens is 2. The first-order chi connectivity index (χ1) is 15.7. The number of carbonyl (C=O) groups excluding carboxylic acids is 2. The van der Waals surface area contributed by atoms with Gasteiger partial charge in [0.25, 0.3) is 0 Å². The lowest BCUT2D eigenvalue weighted by Gasteiger charge is -2.34. The number of benzene rings is 1. The van der Waals surface area contributed by atoms with Crippen LogP contribution in [-0.2, 0) is 9.53 Å². The minimum Gasteiger partial charge on any atom is -0.444 e. The van der Waals surface area contributed by atoms with E-state index in [0.717, 1.165) is 18.4 Å². The van der Waals surface area contributed by atoms with Crippen molar-refractivity contribution < 1.29 is 18.7 Å². The van der Waals surface area contributed by atoms with Crippen LogP contribution >= 0.6 is 0 Å². The number of halogens is 1. The summed E-state index contributed by atoms with van der Waals surface area (Å²) in [4.78, 5) is 28.6. The van der Waals surface area contributed by atoms with Crippen LogP contribution in [0.5, 0.6) is 0 Å². The summed E-state index contributed by atoms with van der Waals surface area (Å²) in [7, 11) is 0. The van der Waals surface area contributed by atoms with Crippen molar-refractivity contribution in [1.82, 2.24) is 20.4 Å². The Balaban J connectivity index is 1.45. The van der Waals surface area contributed by atoms with E-state index in [1.807, 2.05) is 45.0 Å². The molecule has 4 rings (SSSR count). The van der Waals surface area contributed by atoms with Gasteiger partial charge in [-0.2, -0.15) is 4.39 Å². The molecule has 2 saturated heterocycles. The summed E-state index contributed by atoms with van der Waals surface area (Å²) in [5, 5.41) is 10.5. The Morgan fingerprint density at radius 2 is 1.73 bits per heavy atom. The maximum absolute atomic E-state index is 13.3. The molecule has 2 aromatic rings. The Bertz CT molecular complexity index is 979. The molecule has 1 aromatic carbocycles. The first-order valence-electron chi connectivity index (χ1n) is 11.3. The van der Waals surface area contributed by atoms with Gasteiger partial charge in [0.05, 0.1) is 11.6 Å². The molecule has 176 valence electrons. The van der Waals surface area contributed by atoms with E-state index in [4.69, 9.17) is 4.74 Å². The molecule has 0 saturated carbocycles. The summed E-state index contributed by atoms with van der Waals surface area (Å²) in [5.74, 6) is -0.304. The van der Waals surface area contributed by atoms with Crippen LogP contribution in [-0.4, -0.2) is 58.9 Å². The van der Waals surface area contributed by atoms with Crippen molar-refractivity contribution >= 4 is 23.5 Å². The largest absolute Gasteiger partial charge is 0.444 e. The molecule has 3 heterocycles. The third kappa shape index (κ3) is 5.47. The number of rotatable bonds is 4. The quantitative estimate of drug-likeness (QED) is 0.758. The van der Waals surface area contributed by atoms with Crippen molar-refractivity contribution in [3.05, 3.63) is 47.9 Å². The smallest absolute Gasteiger partial charge is 0.410 e. The number of anilines is 2. The summed E-state index contributed by atoms with van der Waals surface area (Å²) in [6.45, 7) is 8.11. The second-order valence-electron chi connectivity index (χ2n) is 9.58. The summed E-state index contributed by atoms with van der Waals surface area (Å²) in [5.41, 5.74) is 1.32. The second kappa shape index (κ2) is 9.43. The Labute approximate surface area is 193 Å². The molecule has 0 unspecified atom stereocenters. The van der Waals surface area contributed by atoms with E-state index in [1.165, 1.54) is 17.0 Å². The summed E-state index contributed by atoms with van der Waals surface area (Å²) in [6, 6.07) is 10.5. The molecular weight excluding hydrogens is 425 g/mol. The lowest BCUT2D eigenvalue weighted by Crippen LogP contribution is -2.51. The highest BCUT2D eigenvalue weighted by atomic mass is 19.1. The first kappa shape index (κ1) is 23.1. The van der Waals surface area contributed by atoms with Crippen LogP contribution in [0.3, 0.4) is 0 Å². The molecule has 2 amide bonds. The molecule has 2 aliphatic rings. The zero-order valence-corrected chi connectivity index (χ0v) is 19.3. The van der Waals surface area contributed by atoms with E-state index in [1.54, 1.807) is 4.90 Å². The van der Waals surface area contributed by atoms with Crippen LogP contribution in [0.1, 0.15) is 45.1 Å². The van der Waals surface area contributed by atoms with Crippen LogP contribution in [0.4, 0.5) is 20.7 Å². The fourth-order valence-electron chi connectivity index (χ4n) is 4.06. The van der Waals surface area contributed by atoms with Gasteiger partial charge >= 0.3 is 6.09 Å². The summed E-state index contributed by atoms with van der Waals surface area (Å²) < 4.78 is 18.8. The Hall–Kier alpha value is -3.07. The molecule has 9 heteroatoms. The number of ether oxygens (including phenoxy) is 1. The van der Waals surface area contributed by atoms with Crippen molar-refractivity contribution in [3.8, 4) is 0 Å². The van der Waals surface area contributed by atoms with Gasteiger partial charge in [0.1, 0.15) is 5.60 Å². The number of likely N-dealkylation sites (tertiary alicyclic amines) is 1. The number of hydrogen-bond acceptors (Lipinski definition) is 6. The van der Waals surface area contributed by atoms with Gasteiger partial charge in [0.2, 0.25) is 11.9 Å². The zero-order valence-electron chi connectivity index (χ0n) is 19.3. The SMILES string of the molecule is CC(C)(C)OC(=O)N1CCC(c2ccc(N(C(=O)C3CNC3)c3ccc(F)nn3)cc2)CC1. The van der Waals surface area contributed by atoms with E-state index in [9.17, 15) is 14.0 Å². The number of piperidine rings is 1. The maximum Gasteiger partial charge on any atom is 0.410 e. The predicted molar refractivity (Wildman–Crippen MR) is 122 cm³/mol. The molecule has 0 radical (unpaired) electrons. The van der Waals surface area contributed by atoms with Gasteiger partial charge in [-0.1, -0.05) is 12.1 Å². The molecule has 1 aromatic heterocycles. The molecule has 2 aliphatic heterocycles. The second-order valence-corrected chi connectivity index (χ2v) is 9.58. The zero-order chi connectivity index (χ0) is 23.6. The van der Waals surface area contributed by atoms with E-state index in [0.29, 0.717) is 43.6 Å². The standard InChI is InChI=1S/C24H30FN5O3/c1-24(2,3)33-23(32)29-12-10-17(11-13-29)16-4-6-19(7-5-16)30(22(31)18-14-26-15-18)21-9-8-20(25)27-28-21/h4-9,17-18,26H,10-15H2,1-3H3. The molecule has 33 heavy (non-hydrogen) atoms. The third-order valence-corrected chi connectivity index (χ3v) is 5.97. The van der Waals surface area contributed by atoms with E-state index >= 15 is 0 Å². The van der Waals surface area contributed by atoms with Gasteiger partial charge in [-0.25, -0.2) is 4.79 Å². The summed E-state index contributed by atoms with van der Waals surface area (Å²) in [6.07, 6.45) is 1.42. The molecule has 2 fully saturated rings. The van der Waals surface area contributed by atoms with Crippen LogP contribution < -0.4 is 10.2 Å². The van der Waals surface area contributed by atoms with Crippen LogP contribution in [0.25, 0.3) is 0 Å². The molecule has 0 spiro atoms. The number of nitrogens with zero attached hydrogens (tertiary/aromatic N) is 4. The molecule has 0 bridgehead atoms. The molecule has 0 atom stereocenters. The van der Waals surface area contributed by atoms with Crippen LogP contribution in [0.15, 0.2) is 36.4 Å². The lowest BCUT2D eigenvalue weighted by atomic mass is 9.89. The third-order valence-electron chi connectivity index (χ3n) is 5.97. The van der Waals surface area contributed by atoms with Crippen molar-refractivity contribution in [1.29, 1.82) is 0 Å². The highest BCUT2D eigenvalue weighted by Crippen LogP contribution is 2.32. The van der Waals surface area contributed by atoms with E-state index < -0.39 is 11.5 Å². The minimum atomic E-state index is -0.690. The molecule has 8 nitrogen and oxygen atoms in total. The first-order valence-corrected chi connectivity index (χ1v) is 11.3. The number of hydrogen-bond donors (Lipinski definition) is 1. The van der Waals surface area contributed by atoms with Gasteiger partial charge in [0.15, 0.2) is 5.82 Å². The maximum atomic E-state index is 13.3. The van der Waals surface area contributed by atoms with Crippen molar-refractivity contribution in [3.63, 3.8) is 0 Å². The lowest BCUT2D eigenvalue weighted by molar-refractivity contribution is -0.123. The number of carbonyl (C=O) groups is 2. The average molecular weight is 456 g/mol. The van der Waals surface area contributed by atoms with Crippen molar-refractivity contribution in [2.45, 2.75) is 45.1 Å². The van der Waals surface area contributed by atoms with Gasteiger partial charge in [-0.3, -0.25) is 9.69 Å². The van der Waals surface area contributed by atoms with Crippen LogP contribution in [0.2, 0.25) is 0 Å². The van der Waals surface area contributed by atoms with E-state index in [-0.39, 0.29) is 17.9 Å². The highest BCUT2D eigenvalue weighted by Gasteiger charge is 2.32. The predicted octanol–water partition coefficient (Wildman–Crippen LogP) is 3.61. The van der Waals surface area contributed by atoms with Gasteiger partial charge in [-0.05, 0) is 69.4 Å². The van der Waals surface area contributed by atoms with Crippen molar-refractivity contribution in [2.75, 3.05) is 31.1 Å². The molecule has 1 N–H and O–H groups in total. The van der Waals surface area contributed by atoms with E-state index in [2.05, 4.69) is 15.5 Å². The molecule has 0 aliphatic carbocycles. The monoisotopic (exact) mass is 455 g/mol. The minimum absolute atomic E-state index is 0.0897. The fraction of sp³-hybridized carbons (Fsp3) is 0.500. The summed E-state index contributed by atoms with van der Waals surface area (Å²) >= 11 is 0. The fourth-order valence-corrected chi connectivity index (χ4v) is 4.06. The number of amides is 2. The average Bonchev–Trinajstić information content (AvgIpc) is 2.73.